The molecule has 0 radical (unpaired) electrons. The van der Waals surface area contributed by atoms with Gasteiger partial charge in [0.25, 0.3) is 0 Å². The van der Waals surface area contributed by atoms with Crippen LogP contribution >= 0.6 is 0 Å². The molecule has 1 aliphatic heterocycles. The average molecular weight is 537 g/mol. The number of pyridine rings is 1. The van der Waals surface area contributed by atoms with E-state index in [1.807, 2.05) is 35.2 Å². The van der Waals surface area contributed by atoms with E-state index in [1.165, 1.54) is 5.56 Å². The zero-order valence-electron chi connectivity index (χ0n) is 23.4. The summed E-state index contributed by atoms with van der Waals surface area (Å²) in [7, 11) is 1.65. The maximum absolute atomic E-state index is 13.7. The van der Waals surface area contributed by atoms with Crippen LogP contribution in [0.4, 0.5) is 0 Å². The minimum Gasteiger partial charge on any atom is -0.508 e. The monoisotopic (exact) mass is 536 g/mol. The number of hydrogen-bond donors (Lipinski definition) is 1. The molecule has 5 rings (SSSR count). The Bertz CT molecular complexity index is 1490. The van der Waals surface area contributed by atoms with Gasteiger partial charge >= 0.3 is 0 Å². The third-order valence-corrected chi connectivity index (χ3v) is 7.57. The van der Waals surface area contributed by atoms with Crippen molar-refractivity contribution in [2.24, 2.45) is 0 Å². The van der Waals surface area contributed by atoms with Crippen LogP contribution in [0.2, 0.25) is 0 Å². The van der Waals surface area contributed by atoms with E-state index >= 15 is 0 Å². The second-order valence-electron chi connectivity index (χ2n) is 10.4. The van der Waals surface area contributed by atoms with Crippen LogP contribution in [0, 0.1) is 13.8 Å². The number of rotatable bonds is 9. The Morgan fingerprint density at radius 1 is 0.975 bits per heavy atom. The van der Waals surface area contributed by atoms with Gasteiger partial charge in [0, 0.05) is 31.3 Å². The number of carbonyl (C=O) groups is 1. The highest BCUT2D eigenvalue weighted by Gasteiger charge is 2.34. The SMILES string of the molecule is COc1cc2c(cc1OCCc1cccc(O)c1)C(c1ccc(C)cc1C)N(C(=O)CCc1ccccn1)CC2. The number of aryl methyl sites for hydroxylation is 3. The zero-order chi connectivity index (χ0) is 28.1. The van der Waals surface area contributed by atoms with E-state index in [-0.39, 0.29) is 17.7 Å². The molecule has 0 fully saturated rings. The van der Waals surface area contributed by atoms with E-state index in [0.717, 1.165) is 39.9 Å². The molecule has 40 heavy (non-hydrogen) atoms. The Hall–Kier alpha value is -4.32. The average Bonchev–Trinajstić information content (AvgIpc) is 2.96. The summed E-state index contributed by atoms with van der Waals surface area (Å²) in [4.78, 5) is 20.2. The van der Waals surface area contributed by atoms with Gasteiger partial charge in [-0.1, -0.05) is 42.0 Å². The highest BCUT2D eigenvalue weighted by atomic mass is 16.5. The molecule has 6 heteroatoms. The first kappa shape index (κ1) is 27.3. The number of phenols is 1. The van der Waals surface area contributed by atoms with Gasteiger partial charge in [0.05, 0.1) is 19.8 Å². The molecular weight excluding hydrogens is 500 g/mol. The minimum atomic E-state index is -0.222. The summed E-state index contributed by atoms with van der Waals surface area (Å²) in [5.41, 5.74) is 7.61. The quantitative estimate of drug-likeness (QED) is 0.278. The van der Waals surface area contributed by atoms with E-state index in [2.05, 4.69) is 49.2 Å². The van der Waals surface area contributed by atoms with Crippen molar-refractivity contribution in [3.05, 3.63) is 118 Å². The fourth-order valence-electron chi connectivity index (χ4n) is 5.55. The molecule has 3 aromatic carbocycles. The van der Waals surface area contributed by atoms with Gasteiger partial charge in [0.15, 0.2) is 11.5 Å². The smallest absolute Gasteiger partial charge is 0.223 e. The van der Waals surface area contributed by atoms with Crippen LogP contribution in [-0.2, 0) is 24.1 Å². The van der Waals surface area contributed by atoms with E-state index < -0.39 is 0 Å². The lowest BCUT2D eigenvalue weighted by molar-refractivity contribution is -0.133. The fraction of sp³-hybridized carbons (Fsp3) is 0.294. The maximum atomic E-state index is 13.7. The first-order valence-corrected chi connectivity index (χ1v) is 13.8. The number of aromatic nitrogens is 1. The molecule has 4 aromatic rings. The number of methoxy groups -OCH3 is 1. The van der Waals surface area contributed by atoms with Crippen LogP contribution in [0.1, 0.15) is 51.5 Å². The lowest BCUT2D eigenvalue weighted by atomic mass is 9.85. The van der Waals surface area contributed by atoms with Crippen LogP contribution in [-0.4, -0.2) is 41.2 Å². The highest BCUT2D eigenvalue weighted by Crippen LogP contribution is 2.42. The summed E-state index contributed by atoms with van der Waals surface area (Å²) >= 11 is 0. The summed E-state index contributed by atoms with van der Waals surface area (Å²) in [6.07, 6.45) is 4.16. The van der Waals surface area contributed by atoms with E-state index in [1.54, 1.807) is 25.4 Å². The third kappa shape index (κ3) is 6.12. The third-order valence-electron chi connectivity index (χ3n) is 7.57. The van der Waals surface area contributed by atoms with Crippen molar-refractivity contribution in [2.45, 2.75) is 45.6 Å². The lowest BCUT2D eigenvalue weighted by Crippen LogP contribution is -2.41. The molecular formula is C34H36N2O4. The molecule has 0 spiro atoms. The van der Waals surface area contributed by atoms with Crippen molar-refractivity contribution in [3.8, 4) is 17.2 Å². The van der Waals surface area contributed by atoms with E-state index in [0.29, 0.717) is 43.9 Å². The molecule has 0 saturated carbocycles. The van der Waals surface area contributed by atoms with Crippen molar-refractivity contribution in [3.63, 3.8) is 0 Å². The van der Waals surface area contributed by atoms with Gasteiger partial charge in [-0.2, -0.15) is 0 Å². The molecule has 0 aliphatic carbocycles. The Morgan fingerprint density at radius 3 is 2.60 bits per heavy atom. The van der Waals surface area contributed by atoms with Crippen molar-refractivity contribution in [1.82, 2.24) is 9.88 Å². The molecule has 206 valence electrons. The molecule has 1 amide bonds. The summed E-state index contributed by atoms with van der Waals surface area (Å²) in [5.74, 6) is 1.69. The van der Waals surface area contributed by atoms with Crippen LogP contribution in [0.3, 0.4) is 0 Å². The predicted molar refractivity (Wildman–Crippen MR) is 156 cm³/mol. The van der Waals surface area contributed by atoms with Crippen molar-refractivity contribution in [2.75, 3.05) is 20.3 Å². The van der Waals surface area contributed by atoms with Gasteiger partial charge < -0.3 is 19.5 Å². The molecule has 0 saturated heterocycles. The van der Waals surface area contributed by atoms with Crippen molar-refractivity contribution >= 4 is 5.91 Å². The van der Waals surface area contributed by atoms with Gasteiger partial charge in [-0.05, 0) is 90.9 Å². The fourth-order valence-corrected chi connectivity index (χ4v) is 5.55. The summed E-state index contributed by atoms with van der Waals surface area (Å²) < 4.78 is 12.0. The Balaban J connectivity index is 1.46. The topological polar surface area (TPSA) is 71.9 Å². The van der Waals surface area contributed by atoms with Gasteiger partial charge in [0.2, 0.25) is 5.91 Å². The maximum Gasteiger partial charge on any atom is 0.223 e. The normalized spacial score (nSPS) is 14.5. The van der Waals surface area contributed by atoms with Crippen molar-refractivity contribution < 1.29 is 19.4 Å². The number of fused-ring (bicyclic) bond motifs is 1. The molecule has 1 unspecified atom stereocenters. The first-order valence-electron chi connectivity index (χ1n) is 13.8. The summed E-state index contributed by atoms with van der Waals surface area (Å²) in [6, 6.07) is 23.4. The van der Waals surface area contributed by atoms with E-state index in [4.69, 9.17) is 9.47 Å². The number of phenolic OH excluding ortho intramolecular Hbond substituents is 1. The van der Waals surface area contributed by atoms with Crippen LogP contribution in [0.25, 0.3) is 0 Å². The molecule has 1 aromatic heterocycles. The second-order valence-corrected chi connectivity index (χ2v) is 10.4. The lowest BCUT2D eigenvalue weighted by Gasteiger charge is -2.39. The van der Waals surface area contributed by atoms with Gasteiger partial charge in [-0.15, -0.1) is 0 Å². The zero-order valence-corrected chi connectivity index (χ0v) is 23.4. The Labute approximate surface area is 236 Å². The summed E-state index contributed by atoms with van der Waals surface area (Å²) in [6.45, 7) is 5.26. The van der Waals surface area contributed by atoms with Crippen molar-refractivity contribution in [1.29, 1.82) is 0 Å². The molecule has 6 nitrogen and oxygen atoms in total. The van der Waals surface area contributed by atoms with Gasteiger partial charge in [0.1, 0.15) is 5.75 Å². The van der Waals surface area contributed by atoms with Crippen LogP contribution < -0.4 is 9.47 Å². The summed E-state index contributed by atoms with van der Waals surface area (Å²) in [5, 5.41) is 9.80. The predicted octanol–water partition coefficient (Wildman–Crippen LogP) is 6.14. The Kier molecular flexibility index (Phi) is 8.34. The minimum absolute atomic E-state index is 0.114. The number of benzene rings is 3. The first-order chi connectivity index (χ1) is 19.4. The molecule has 0 bridgehead atoms. The largest absolute Gasteiger partial charge is 0.508 e. The van der Waals surface area contributed by atoms with Crippen LogP contribution in [0.5, 0.6) is 17.2 Å². The second kappa shape index (κ2) is 12.2. The number of nitrogens with zero attached hydrogens (tertiary/aromatic N) is 2. The van der Waals surface area contributed by atoms with Crippen LogP contribution in [0.15, 0.2) is 79.0 Å². The number of ether oxygens (including phenoxy) is 2. The Morgan fingerprint density at radius 2 is 1.85 bits per heavy atom. The number of carbonyl (C=O) groups excluding carboxylic acids is 1. The number of amides is 1. The van der Waals surface area contributed by atoms with Gasteiger partial charge in [-0.25, -0.2) is 0 Å². The highest BCUT2D eigenvalue weighted by molar-refractivity contribution is 5.78. The molecule has 1 atom stereocenters. The number of aromatic hydroxyl groups is 1. The molecule has 1 N–H and O–H groups in total. The van der Waals surface area contributed by atoms with Gasteiger partial charge in [-0.3, -0.25) is 9.78 Å². The number of hydrogen-bond acceptors (Lipinski definition) is 5. The molecule has 2 heterocycles. The van der Waals surface area contributed by atoms with E-state index in [9.17, 15) is 9.90 Å². The standard InChI is InChI=1S/C34H36N2O4/c1-23-10-12-29(24(2)19-23)34-30-22-32(40-18-15-25-7-6-9-28(37)20-25)31(39-3)21-26(30)14-17-36(34)33(38)13-11-27-8-4-5-16-35-27/h4-10,12,16,19-22,34,37H,11,13-15,17-18H2,1-3H3. The molecule has 1 aliphatic rings.